The van der Waals surface area contributed by atoms with Crippen molar-refractivity contribution in [3.8, 4) is 0 Å². The summed E-state index contributed by atoms with van der Waals surface area (Å²) in [5.41, 5.74) is 2.74. The number of carbonyl (C=O) groups excluding carboxylic acids is 1. The fraction of sp³-hybridized carbons (Fsp3) is 0.412. The number of hydrogen-bond acceptors (Lipinski definition) is 3. The van der Waals surface area contributed by atoms with Gasteiger partial charge in [-0.3, -0.25) is 14.4 Å². The van der Waals surface area contributed by atoms with Crippen LogP contribution in [-0.2, 0) is 18.4 Å². The molecule has 5 nitrogen and oxygen atoms in total. The molecule has 0 aliphatic carbocycles. The van der Waals surface area contributed by atoms with Crippen LogP contribution in [0.15, 0.2) is 18.2 Å². The van der Waals surface area contributed by atoms with E-state index in [-0.39, 0.29) is 18.3 Å². The number of aromatic nitrogens is 2. The van der Waals surface area contributed by atoms with E-state index >= 15 is 0 Å². The number of aryl methyl sites for hydroxylation is 2. The van der Waals surface area contributed by atoms with Gasteiger partial charge in [0.1, 0.15) is 5.82 Å². The van der Waals surface area contributed by atoms with E-state index in [4.69, 9.17) is 11.6 Å². The van der Waals surface area contributed by atoms with Gasteiger partial charge in [0.15, 0.2) is 0 Å². The summed E-state index contributed by atoms with van der Waals surface area (Å²) in [5.74, 6) is -0.551. The maximum absolute atomic E-state index is 13.9. The Balaban J connectivity index is 2.10. The van der Waals surface area contributed by atoms with E-state index in [9.17, 15) is 9.18 Å². The molecule has 1 atom stereocenters. The van der Waals surface area contributed by atoms with E-state index in [0.717, 1.165) is 11.4 Å². The summed E-state index contributed by atoms with van der Waals surface area (Å²) in [6.45, 7) is 5.75. The summed E-state index contributed by atoms with van der Waals surface area (Å²) in [7, 11) is 3.59. The van der Waals surface area contributed by atoms with Gasteiger partial charge in [0.05, 0.1) is 23.1 Å². The van der Waals surface area contributed by atoms with Crippen molar-refractivity contribution < 1.29 is 9.18 Å². The van der Waals surface area contributed by atoms with Crippen LogP contribution < -0.4 is 5.32 Å². The second-order valence-electron chi connectivity index (χ2n) is 5.95. The Morgan fingerprint density at radius 2 is 2.12 bits per heavy atom. The van der Waals surface area contributed by atoms with Crippen LogP contribution in [0.5, 0.6) is 0 Å². The molecule has 1 aromatic carbocycles. The second-order valence-corrected chi connectivity index (χ2v) is 6.36. The van der Waals surface area contributed by atoms with Crippen LogP contribution in [0.1, 0.15) is 23.9 Å². The Morgan fingerprint density at radius 1 is 1.46 bits per heavy atom. The molecule has 0 fully saturated rings. The van der Waals surface area contributed by atoms with Gasteiger partial charge in [-0.15, -0.1) is 0 Å². The highest BCUT2D eigenvalue weighted by atomic mass is 35.5. The monoisotopic (exact) mass is 352 g/mol. The molecule has 0 saturated heterocycles. The topological polar surface area (TPSA) is 50.2 Å². The number of rotatable bonds is 5. The van der Waals surface area contributed by atoms with Crippen LogP contribution in [0.25, 0.3) is 0 Å². The third-order valence-corrected chi connectivity index (χ3v) is 4.62. The Hall–Kier alpha value is -1.92. The third kappa shape index (κ3) is 3.76. The molecule has 1 amide bonds. The predicted octanol–water partition coefficient (Wildman–Crippen LogP) is 3.29. The molecule has 0 spiro atoms. The quantitative estimate of drug-likeness (QED) is 0.898. The van der Waals surface area contributed by atoms with E-state index in [1.807, 2.05) is 20.9 Å². The number of hydrogen-bond donors (Lipinski definition) is 1. The van der Waals surface area contributed by atoms with Crippen molar-refractivity contribution in [3.63, 3.8) is 0 Å². The molecule has 0 bridgehead atoms. The lowest BCUT2D eigenvalue weighted by Crippen LogP contribution is -2.39. The number of benzene rings is 1. The molecule has 2 aromatic rings. The summed E-state index contributed by atoms with van der Waals surface area (Å²) >= 11 is 6.05. The number of likely N-dealkylation sites (N-methyl/N-ethyl adjacent to an activating group) is 1. The van der Waals surface area contributed by atoms with Gasteiger partial charge in [-0.05, 0) is 40.0 Å². The maximum atomic E-state index is 13.9. The largest absolute Gasteiger partial charge is 0.322 e. The fourth-order valence-electron chi connectivity index (χ4n) is 2.45. The smallest absolute Gasteiger partial charge is 0.241 e. The van der Waals surface area contributed by atoms with Crippen LogP contribution >= 0.6 is 11.6 Å². The fourth-order valence-corrected chi connectivity index (χ4v) is 2.67. The standard InChI is InChI=1S/C17H22ClFN4O/c1-10-16(11(2)23(5)21-10)20-17(24)12(3)22(4)9-13-14(18)7-6-8-15(13)19/h6-8,12H,9H2,1-5H3,(H,20,24)/t12-/m1/s1. The molecule has 0 radical (unpaired) electrons. The molecular weight excluding hydrogens is 331 g/mol. The number of halogens is 2. The van der Waals surface area contributed by atoms with E-state index in [1.165, 1.54) is 6.07 Å². The third-order valence-electron chi connectivity index (χ3n) is 4.27. The lowest BCUT2D eigenvalue weighted by atomic mass is 10.1. The zero-order valence-corrected chi connectivity index (χ0v) is 15.3. The molecule has 0 aliphatic heterocycles. The van der Waals surface area contributed by atoms with Crippen LogP contribution in [0.2, 0.25) is 5.02 Å². The molecule has 0 saturated carbocycles. The number of nitrogens with one attached hydrogen (secondary N) is 1. The normalized spacial score (nSPS) is 12.5. The van der Waals surface area contributed by atoms with Crippen LogP contribution in [0.3, 0.4) is 0 Å². The van der Waals surface area contributed by atoms with Gasteiger partial charge in [0, 0.05) is 24.2 Å². The van der Waals surface area contributed by atoms with Gasteiger partial charge in [-0.2, -0.15) is 5.10 Å². The van der Waals surface area contributed by atoms with Crippen LogP contribution in [-0.4, -0.2) is 33.7 Å². The Morgan fingerprint density at radius 3 is 2.67 bits per heavy atom. The van der Waals surface area contributed by atoms with Crippen molar-refractivity contribution in [3.05, 3.63) is 46.0 Å². The number of anilines is 1. The van der Waals surface area contributed by atoms with E-state index in [1.54, 1.807) is 35.7 Å². The number of amides is 1. The molecule has 130 valence electrons. The van der Waals surface area contributed by atoms with Crippen molar-refractivity contribution in [1.29, 1.82) is 0 Å². The van der Waals surface area contributed by atoms with Crippen molar-refractivity contribution in [1.82, 2.24) is 14.7 Å². The first-order valence-corrected chi connectivity index (χ1v) is 8.04. The minimum Gasteiger partial charge on any atom is -0.322 e. The summed E-state index contributed by atoms with van der Waals surface area (Å²) in [5, 5.41) is 7.54. The summed E-state index contributed by atoms with van der Waals surface area (Å²) < 4.78 is 15.6. The molecule has 0 aliphatic rings. The molecule has 1 heterocycles. The van der Waals surface area contributed by atoms with Crippen LogP contribution in [0, 0.1) is 19.7 Å². The molecule has 2 rings (SSSR count). The first kappa shape index (κ1) is 18.4. The maximum Gasteiger partial charge on any atom is 0.241 e. The highest BCUT2D eigenvalue weighted by molar-refractivity contribution is 6.31. The zero-order chi connectivity index (χ0) is 18.0. The average molecular weight is 353 g/mol. The Bertz CT molecular complexity index is 739. The number of carbonyl (C=O) groups is 1. The van der Waals surface area contributed by atoms with Gasteiger partial charge in [0.25, 0.3) is 0 Å². The zero-order valence-electron chi connectivity index (χ0n) is 14.5. The molecular formula is C17H22ClFN4O. The van der Waals surface area contributed by atoms with Gasteiger partial charge in [0.2, 0.25) is 5.91 Å². The van der Waals surface area contributed by atoms with E-state index < -0.39 is 6.04 Å². The molecule has 7 heteroatoms. The second kappa shape index (κ2) is 7.32. The summed E-state index contributed by atoms with van der Waals surface area (Å²) in [6, 6.07) is 4.11. The minimum absolute atomic E-state index is 0.177. The lowest BCUT2D eigenvalue weighted by molar-refractivity contribution is -0.120. The van der Waals surface area contributed by atoms with Gasteiger partial charge in [-0.25, -0.2) is 4.39 Å². The molecule has 24 heavy (non-hydrogen) atoms. The van der Waals surface area contributed by atoms with Gasteiger partial charge >= 0.3 is 0 Å². The Labute approximate surface area is 146 Å². The average Bonchev–Trinajstić information content (AvgIpc) is 2.76. The van der Waals surface area contributed by atoms with Crippen molar-refractivity contribution >= 4 is 23.2 Å². The highest BCUT2D eigenvalue weighted by Crippen LogP contribution is 2.22. The lowest BCUT2D eigenvalue weighted by Gasteiger charge is -2.24. The van der Waals surface area contributed by atoms with Crippen molar-refractivity contribution in [2.45, 2.75) is 33.4 Å². The minimum atomic E-state index is -0.459. The summed E-state index contributed by atoms with van der Waals surface area (Å²) in [6.07, 6.45) is 0. The first-order chi connectivity index (χ1) is 11.2. The summed E-state index contributed by atoms with van der Waals surface area (Å²) in [4.78, 5) is 14.3. The SMILES string of the molecule is Cc1nn(C)c(C)c1NC(=O)[C@@H](C)N(C)Cc1c(F)cccc1Cl. The van der Waals surface area contributed by atoms with Gasteiger partial charge in [-0.1, -0.05) is 17.7 Å². The van der Waals surface area contributed by atoms with Crippen molar-refractivity contribution in [2.75, 3.05) is 12.4 Å². The predicted molar refractivity (Wildman–Crippen MR) is 93.7 cm³/mol. The molecule has 0 unspecified atom stereocenters. The van der Waals surface area contributed by atoms with E-state index in [0.29, 0.717) is 16.3 Å². The van der Waals surface area contributed by atoms with E-state index in [2.05, 4.69) is 10.4 Å². The Kier molecular flexibility index (Phi) is 5.62. The highest BCUT2D eigenvalue weighted by Gasteiger charge is 2.22. The number of nitrogens with zero attached hydrogens (tertiary/aromatic N) is 3. The molecule has 1 N–H and O–H groups in total. The van der Waals surface area contributed by atoms with Gasteiger partial charge < -0.3 is 5.32 Å². The van der Waals surface area contributed by atoms with Crippen molar-refractivity contribution in [2.24, 2.45) is 7.05 Å². The first-order valence-electron chi connectivity index (χ1n) is 7.66. The molecule has 1 aromatic heterocycles. The van der Waals surface area contributed by atoms with Crippen LogP contribution in [0.4, 0.5) is 10.1 Å².